The Morgan fingerprint density at radius 1 is 0.406 bits per heavy atom. The summed E-state index contributed by atoms with van der Waals surface area (Å²) in [5.41, 5.74) is 0. The van der Waals surface area contributed by atoms with Gasteiger partial charge in [-0.25, -0.2) is 0 Å². The summed E-state index contributed by atoms with van der Waals surface area (Å²) in [5.74, 6) is -0.108. The molecule has 0 bridgehead atoms. The molecule has 0 saturated carbocycles. The number of nitrogens with one attached hydrogen (secondary N) is 1. The smallest absolute Gasteiger partial charge is 0.305 e. The van der Waals surface area contributed by atoms with E-state index in [1.807, 2.05) is 6.08 Å². The molecule has 2 unspecified atom stereocenters. The van der Waals surface area contributed by atoms with Gasteiger partial charge in [0.05, 0.1) is 25.4 Å². The lowest BCUT2D eigenvalue weighted by atomic mass is 10.0. The standard InChI is InChI=1S/C63H115NO5/c1-3-5-7-9-11-13-15-17-19-21-25-29-33-37-41-45-49-53-57-63(68)69-58-54-50-46-42-38-34-30-26-22-24-28-32-36-40-44-48-52-56-62(67)64-60(59-65)61(66)55-51-47-43-39-35-31-27-23-20-18-16-14-12-10-8-6-4-2/h13,15,19,21-22,26,34,38,51,55,60-61,65-66H,3-12,14,16-18,20,23-25,27-33,35-37,39-50,52-54,56-59H2,1-2H3,(H,64,67)/b15-13-,21-19-,26-22-,38-34-,55-51+. The maximum absolute atomic E-state index is 12.5. The molecule has 0 aromatic carbocycles. The van der Waals surface area contributed by atoms with Gasteiger partial charge in [0.15, 0.2) is 0 Å². The van der Waals surface area contributed by atoms with E-state index in [9.17, 15) is 19.8 Å². The number of aliphatic hydroxyl groups is 2. The maximum Gasteiger partial charge on any atom is 0.305 e. The summed E-state index contributed by atoms with van der Waals surface area (Å²) < 4.78 is 5.46. The molecule has 3 N–H and O–H groups in total. The Hall–Kier alpha value is -2.44. The third-order valence-electron chi connectivity index (χ3n) is 13.5. The number of esters is 1. The first-order chi connectivity index (χ1) is 34.0. The van der Waals surface area contributed by atoms with E-state index in [4.69, 9.17) is 4.74 Å². The SMILES string of the molecule is CCCCCC/C=C\C/C=C\CCCCCCCCCC(=O)OCCCCC/C=C\C/C=C\CCCCCCCCCC(=O)NC(CO)C(O)/C=C/CCCCCCCCCCCCCCCCC. The van der Waals surface area contributed by atoms with Crippen LogP contribution in [0.25, 0.3) is 0 Å². The quantitative estimate of drug-likeness (QED) is 0.0321. The largest absolute Gasteiger partial charge is 0.466 e. The molecule has 0 aromatic heterocycles. The first kappa shape index (κ1) is 66.6. The topological polar surface area (TPSA) is 95.9 Å². The van der Waals surface area contributed by atoms with Crippen LogP contribution in [-0.2, 0) is 14.3 Å². The maximum atomic E-state index is 12.5. The van der Waals surface area contributed by atoms with Crippen LogP contribution in [0.2, 0.25) is 0 Å². The number of amides is 1. The van der Waals surface area contributed by atoms with Crippen molar-refractivity contribution in [2.24, 2.45) is 0 Å². The van der Waals surface area contributed by atoms with E-state index in [0.29, 0.717) is 19.4 Å². The molecule has 0 heterocycles. The van der Waals surface area contributed by atoms with E-state index < -0.39 is 12.1 Å². The molecule has 0 aliphatic carbocycles. The molecular weight excluding hydrogens is 851 g/mol. The number of hydrogen-bond donors (Lipinski definition) is 3. The van der Waals surface area contributed by atoms with E-state index in [0.717, 1.165) is 89.9 Å². The number of aliphatic hydroxyl groups excluding tert-OH is 2. The molecule has 402 valence electrons. The first-order valence-corrected chi connectivity index (χ1v) is 30.1. The molecule has 0 aliphatic heterocycles. The minimum atomic E-state index is -0.857. The minimum Gasteiger partial charge on any atom is -0.466 e. The first-order valence-electron chi connectivity index (χ1n) is 30.1. The molecule has 0 aliphatic rings. The second-order valence-corrected chi connectivity index (χ2v) is 20.3. The van der Waals surface area contributed by atoms with Crippen molar-refractivity contribution in [1.29, 1.82) is 0 Å². The Labute approximate surface area is 428 Å². The molecule has 0 rings (SSSR count). The van der Waals surface area contributed by atoms with Crippen molar-refractivity contribution in [2.45, 2.75) is 315 Å². The molecule has 0 spiro atoms. The summed E-state index contributed by atoms with van der Waals surface area (Å²) in [6.45, 7) is 4.84. The second kappa shape index (κ2) is 58.1. The summed E-state index contributed by atoms with van der Waals surface area (Å²) in [7, 11) is 0. The van der Waals surface area contributed by atoms with Crippen molar-refractivity contribution in [2.75, 3.05) is 13.2 Å². The number of allylic oxidation sites excluding steroid dienone is 9. The Balaban J connectivity index is 3.53. The van der Waals surface area contributed by atoms with Crippen molar-refractivity contribution < 1.29 is 24.5 Å². The van der Waals surface area contributed by atoms with Crippen LogP contribution < -0.4 is 5.32 Å². The molecule has 2 atom stereocenters. The van der Waals surface area contributed by atoms with Crippen molar-refractivity contribution in [3.05, 3.63) is 60.8 Å². The van der Waals surface area contributed by atoms with Crippen LogP contribution in [-0.4, -0.2) is 47.4 Å². The molecule has 1 amide bonds. The van der Waals surface area contributed by atoms with E-state index in [1.165, 1.54) is 186 Å². The minimum absolute atomic E-state index is 0.0243. The van der Waals surface area contributed by atoms with Crippen LogP contribution in [0.5, 0.6) is 0 Å². The molecule has 0 aromatic rings. The third-order valence-corrected chi connectivity index (χ3v) is 13.5. The Bertz CT molecular complexity index is 1210. The van der Waals surface area contributed by atoms with E-state index in [2.05, 4.69) is 67.8 Å². The highest BCUT2D eigenvalue weighted by Crippen LogP contribution is 2.16. The summed E-state index contributed by atoms with van der Waals surface area (Å²) in [6.07, 6.45) is 75.3. The number of ether oxygens (including phenoxy) is 1. The van der Waals surface area contributed by atoms with Gasteiger partial charge in [-0.05, 0) is 103 Å². The molecule has 6 heteroatoms. The summed E-state index contributed by atoms with van der Waals surface area (Å²) in [6, 6.07) is -0.642. The van der Waals surface area contributed by atoms with Crippen molar-refractivity contribution in [3.8, 4) is 0 Å². The average Bonchev–Trinajstić information content (AvgIpc) is 3.35. The zero-order chi connectivity index (χ0) is 50.0. The van der Waals surface area contributed by atoms with Gasteiger partial charge in [-0.2, -0.15) is 0 Å². The van der Waals surface area contributed by atoms with Gasteiger partial charge in [0.25, 0.3) is 0 Å². The lowest BCUT2D eigenvalue weighted by Crippen LogP contribution is -2.45. The number of hydrogen-bond acceptors (Lipinski definition) is 5. The van der Waals surface area contributed by atoms with Crippen LogP contribution in [0.1, 0.15) is 303 Å². The molecular formula is C63H115NO5. The van der Waals surface area contributed by atoms with Gasteiger partial charge in [-0.15, -0.1) is 0 Å². The fourth-order valence-corrected chi connectivity index (χ4v) is 8.87. The van der Waals surface area contributed by atoms with E-state index >= 15 is 0 Å². The Morgan fingerprint density at radius 3 is 1.12 bits per heavy atom. The molecule has 0 saturated heterocycles. The van der Waals surface area contributed by atoms with Crippen molar-refractivity contribution in [1.82, 2.24) is 5.32 Å². The Kier molecular flexibility index (Phi) is 56.1. The number of unbranched alkanes of at least 4 members (excludes halogenated alkanes) is 36. The summed E-state index contributed by atoms with van der Waals surface area (Å²) >= 11 is 0. The Morgan fingerprint density at radius 2 is 0.725 bits per heavy atom. The number of rotatable bonds is 55. The zero-order valence-corrected chi connectivity index (χ0v) is 45.8. The van der Waals surface area contributed by atoms with Crippen LogP contribution >= 0.6 is 0 Å². The fraction of sp³-hybridized carbons (Fsp3) is 0.810. The summed E-state index contributed by atoms with van der Waals surface area (Å²) in [5, 5.41) is 23.1. The monoisotopic (exact) mass is 966 g/mol. The van der Waals surface area contributed by atoms with Crippen LogP contribution in [0.3, 0.4) is 0 Å². The third kappa shape index (κ3) is 54.7. The second-order valence-electron chi connectivity index (χ2n) is 20.3. The van der Waals surface area contributed by atoms with Crippen LogP contribution in [0, 0.1) is 0 Å². The zero-order valence-electron chi connectivity index (χ0n) is 45.8. The number of carbonyl (C=O) groups is 2. The average molecular weight is 967 g/mol. The predicted molar refractivity (Wildman–Crippen MR) is 301 cm³/mol. The highest BCUT2D eigenvalue weighted by Gasteiger charge is 2.18. The lowest BCUT2D eigenvalue weighted by Gasteiger charge is -2.20. The molecule has 6 nitrogen and oxygen atoms in total. The van der Waals surface area contributed by atoms with E-state index in [1.54, 1.807) is 6.08 Å². The predicted octanol–water partition coefficient (Wildman–Crippen LogP) is 18.7. The fourth-order valence-electron chi connectivity index (χ4n) is 8.87. The molecule has 69 heavy (non-hydrogen) atoms. The van der Waals surface area contributed by atoms with Gasteiger partial charge in [0.2, 0.25) is 5.91 Å². The van der Waals surface area contributed by atoms with Gasteiger partial charge < -0.3 is 20.3 Å². The normalized spacial score (nSPS) is 13.0. The van der Waals surface area contributed by atoms with Crippen molar-refractivity contribution in [3.63, 3.8) is 0 Å². The van der Waals surface area contributed by atoms with E-state index in [-0.39, 0.29) is 18.5 Å². The van der Waals surface area contributed by atoms with Gasteiger partial charge in [-0.1, -0.05) is 248 Å². The van der Waals surface area contributed by atoms with Gasteiger partial charge in [0.1, 0.15) is 0 Å². The van der Waals surface area contributed by atoms with Gasteiger partial charge in [-0.3, -0.25) is 9.59 Å². The highest BCUT2D eigenvalue weighted by atomic mass is 16.5. The highest BCUT2D eigenvalue weighted by molar-refractivity contribution is 5.76. The molecule has 0 radical (unpaired) electrons. The van der Waals surface area contributed by atoms with Crippen LogP contribution in [0.15, 0.2) is 60.8 Å². The lowest BCUT2D eigenvalue weighted by molar-refractivity contribution is -0.143. The summed E-state index contributed by atoms with van der Waals surface area (Å²) in [4.78, 5) is 24.5. The number of carbonyl (C=O) groups excluding carboxylic acids is 2. The van der Waals surface area contributed by atoms with Gasteiger partial charge in [0, 0.05) is 12.8 Å². The van der Waals surface area contributed by atoms with Crippen molar-refractivity contribution >= 4 is 11.9 Å². The molecule has 0 fully saturated rings. The van der Waals surface area contributed by atoms with Crippen LogP contribution in [0.4, 0.5) is 0 Å². The van der Waals surface area contributed by atoms with Gasteiger partial charge >= 0.3 is 5.97 Å².